The topological polar surface area (TPSA) is 55.4 Å². The molecule has 0 unspecified atom stereocenters. The van der Waals surface area contributed by atoms with Crippen molar-refractivity contribution in [1.29, 1.82) is 0 Å². The number of esters is 1. The maximum Gasteiger partial charge on any atom is 0.434 e. The molecule has 1 rings (SSSR count). The van der Waals surface area contributed by atoms with Gasteiger partial charge in [-0.15, -0.1) is 0 Å². The zero-order chi connectivity index (χ0) is 20.3. The van der Waals surface area contributed by atoms with Gasteiger partial charge in [0.1, 0.15) is 6.04 Å². The quantitative estimate of drug-likeness (QED) is 0.633. The molecule has 0 bridgehead atoms. The molecule has 0 saturated heterocycles. The summed E-state index contributed by atoms with van der Waals surface area (Å²) in [5.74, 6) is -2.67. The first kappa shape index (κ1) is 21.8. The largest absolute Gasteiger partial charge is 0.441 e. The monoisotopic (exact) mass is 385 g/mol. The highest BCUT2D eigenvalue weighted by molar-refractivity contribution is 5.96. The van der Waals surface area contributed by atoms with Crippen molar-refractivity contribution in [3.05, 3.63) is 35.9 Å². The number of carbonyl (C=O) groups is 2. The molecule has 10 heteroatoms. The fourth-order valence-electron chi connectivity index (χ4n) is 1.94. The summed E-state index contributed by atoms with van der Waals surface area (Å²) in [4.78, 5) is 24.1. The number of hydrogen-bond donors (Lipinski definition) is 1. The molecule has 1 atom stereocenters. The van der Waals surface area contributed by atoms with Crippen molar-refractivity contribution in [3.63, 3.8) is 0 Å². The highest BCUT2D eigenvalue weighted by Crippen LogP contribution is 2.36. The number of benzene rings is 1. The predicted octanol–water partition coefficient (Wildman–Crippen LogP) is 3.87. The summed E-state index contributed by atoms with van der Waals surface area (Å²) in [5, 5.41) is 2.13. The van der Waals surface area contributed by atoms with Gasteiger partial charge >= 0.3 is 18.3 Å². The van der Waals surface area contributed by atoms with Gasteiger partial charge in [0, 0.05) is 5.56 Å². The molecule has 0 radical (unpaired) electrons. The fourth-order valence-corrected chi connectivity index (χ4v) is 1.94. The summed E-state index contributed by atoms with van der Waals surface area (Å²) in [6, 6.07) is 5.61. The Kier molecular flexibility index (Phi) is 6.32. The number of ether oxygens (including phenoxy) is 1. The van der Waals surface area contributed by atoms with Crippen molar-refractivity contribution in [1.82, 2.24) is 5.32 Å². The first-order chi connectivity index (χ1) is 11.6. The van der Waals surface area contributed by atoms with Crippen LogP contribution < -0.4 is 5.32 Å². The van der Waals surface area contributed by atoms with E-state index in [1.165, 1.54) is 45.0 Å². The van der Waals surface area contributed by atoms with E-state index in [0.717, 1.165) is 0 Å². The van der Waals surface area contributed by atoms with Gasteiger partial charge in [-0.2, -0.15) is 26.3 Å². The first-order valence-corrected chi connectivity index (χ1v) is 7.34. The Hall–Kier alpha value is -2.26. The molecule has 0 aliphatic heterocycles. The minimum Gasteiger partial charge on any atom is -0.441 e. The fraction of sp³-hybridized carbons (Fsp3) is 0.500. The summed E-state index contributed by atoms with van der Waals surface area (Å²) in [7, 11) is 0. The van der Waals surface area contributed by atoms with Crippen molar-refractivity contribution in [2.45, 2.75) is 45.3 Å². The number of carbonyl (C=O) groups excluding carboxylic acids is 2. The van der Waals surface area contributed by atoms with Gasteiger partial charge in [-0.05, 0) is 17.5 Å². The average Bonchev–Trinajstić information content (AvgIpc) is 2.47. The number of rotatable bonds is 4. The standard InChI is InChI=1S/C16H17F6NO3/c1-14(2,3)10(23-11(24)9-7-5-4-6-8-9)12(25)26-13(15(17,18)19)16(20,21)22/h4-8,10,13H,1-3H3,(H,23,24)/t10-/m0/s1. The minimum atomic E-state index is -5.83. The molecule has 0 aromatic heterocycles. The highest BCUT2D eigenvalue weighted by atomic mass is 19.4. The molecule has 26 heavy (non-hydrogen) atoms. The zero-order valence-electron chi connectivity index (χ0n) is 14.0. The van der Waals surface area contributed by atoms with E-state index in [4.69, 9.17) is 0 Å². The molecule has 0 heterocycles. The lowest BCUT2D eigenvalue weighted by molar-refractivity contribution is -0.314. The van der Waals surface area contributed by atoms with Crippen LogP contribution in [0.15, 0.2) is 30.3 Å². The molecule has 0 saturated carbocycles. The van der Waals surface area contributed by atoms with Crippen LogP contribution in [0.3, 0.4) is 0 Å². The second kappa shape index (κ2) is 7.55. The highest BCUT2D eigenvalue weighted by Gasteiger charge is 2.60. The molecule has 146 valence electrons. The van der Waals surface area contributed by atoms with Crippen LogP contribution in [0.25, 0.3) is 0 Å². The number of halogens is 6. The van der Waals surface area contributed by atoms with E-state index in [1.54, 1.807) is 6.07 Å². The molecule has 1 aromatic rings. The lowest BCUT2D eigenvalue weighted by Crippen LogP contribution is -2.54. The molecular formula is C16H17F6NO3. The Morgan fingerprint density at radius 3 is 1.77 bits per heavy atom. The van der Waals surface area contributed by atoms with Crippen LogP contribution >= 0.6 is 0 Å². The van der Waals surface area contributed by atoms with Crippen LogP contribution in [0, 0.1) is 5.41 Å². The van der Waals surface area contributed by atoms with E-state index in [9.17, 15) is 35.9 Å². The number of hydrogen-bond acceptors (Lipinski definition) is 3. The maximum absolute atomic E-state index is 12.6. The van der Waals surface area contributed by atoms with Crippen molar-refractivity contribution in [3.8, 4) is 0 Å². The first-order valence-electron chi connectivity index (χ1n) is 7.34. The molecular weight excluding hydrogens is 368 g/mol. The molecule has 0 spiro atoms. The summed E-state index contributed by atoms with van der Waals surface area (Å²) < 4.78 is 79.2. The Bertz CT molecular complexity index is 620. The van der Waals surface area contributed by atoms with Crippen LogP contribution in [0.1, 0.15) is 31.1 Å². The van der Waals surface area contributed by atoms with Crippen molar-refractivity contribution in [2.75, 3.05) is 0 Å². The van der Waals surface area contributed by atoms with Crippen LogP contribution in [0.2, 0.25) is 0 Å². The zero-order valence-corrected chi connectivity index (χ0v) is 14.0. The van der Waals surface area contributed by atoms with Crippen LogP contribution in [-0.2, 0) is 9.53 Å². The van der Waals surface area contributed by atoms with Gasteiger partial charge in [0.15, 0.2) is 0 Å². The SMILES string of the molecule is CC(C)(C)[C@@H](NC(=O)c1ccccc1)C(=O)OC(C(F)(F)F)C(F)(F)F. The van der Waals surface area contributed by atoms with E-state index in [2.05, 4.69) is 10.1 Å². The Morgan fingerprint density at radius 1 is 0.923 bits per heavy atom. The van der Waals surface area contributed by atoms with E-state index < -0.39 is 41.8 Å². The smallest absolute Gasteiger partial charge is 0.434 e. The van der Waals surface area contributed by atoms with Gasteiger partial charge in [-0.3, -0.25) is 4.79 Å². The summed E-state index contributed by atoms with van der Waals surface area (Å²) in [6.07, 6.45) is -15.9. The van der Waals surface area contributed by atoms with E-state index in [0.29, 0.717) is 0 Å². The molecule has 0 aliphatic rings. The van der Waals surface area contributed by atoms with E-state index >= 15 is 0 Å². The minimum absolute atomic E-state index is 0.0812. The summed E-state index contributed by atoms with van der Waals surface area (Å²) >= 11 is 0. The normalized spacial score (nSPS) is 14.1. The summed E-state index contributed by atoms with van der Waals surface area (Å²) in [6.45, 7) is 4.08. The van der Waals surface area contributed by atoms with Crippen LogP contribution in [0.5, 0.6) is 0 Å². The third kappa shape index (κ3) is 5.92. The van der Waals surface area contributed by atoms with Crippen LogP contribution in [-0.4, -0.2) is 36.4 Å². The lowest BCUT2D eigenvalue weighted by Gasteiger charge is -2.32. The van der Waals surface area contributed by atoms with Gasteiger partial charge in [0.2, 0.25) is 0 Å². The van der Waals surface area contributed by atoms with Gasteiger partial charge in [0.25, 0.3) is 12.0 Å². The van der Waals surface area contributed by atoms with Crippen LogP contribution in [0.4, 0.5) is 26.3 Å². The second-order valence-electron chi connectivity index (χ2n) is 6.54. The predicted molar refractivity (Wildman–Crippen MR) is 79.1 cm³/mol. The average molecular weight is 385 g/mol. The molecule has 1 N–H and O–H groups in total. The molecule has 1 amide bonds. The van der Waals surface area contributed by atoms with Crippen molar-refractivity contribution in [2.24, 2.45) is 5.41 Å². The number of amides is 1. The van der Waals surface area contributed by atoms with Gasteiger partial charge in [-0.25, -0.2) is 4.79 Å². The van der Waals surface area contributed by atoms with Gasteiger partial charge in [-0.1, -0.05) is 39.0 Å². The molecule has 0 fully saturated rings. The summed E-state index contributed by atoms with van der Waals surface area (Å²) in [5.41, 5.74) is -1.12. The molecule has 1 aromatic carbocycles. The Morgan fingerprint density at radius 2 is 1.38 bits per heavy atom. The third-order valence-electron chi connectivity index (χ3n) is 3.24. The number of alkyl halides is 6. The molecule has 0 aliphatic carbocycles. The van der Waals surface area contributed by atoms with Crippen molar-refractivity contribution >= 4 is 11.9 Å². The van der Waals surface area contributed by atoms with Gasteiger partial charge in [0.05, 0.1) is 0 Å². The second-order valence-corrected chi connectivity index (χ2v) is 6.54. The Labute approximate surface area is 145 Å². The van der Waals surface area contributed by atoms with E-state index in [-0.39, 0.29) is 5.56 Å². The maximum atomic E-state index is 12.6. The Balaban J connectivity index is 3.06. The van der Waals surface area contributed by atoms with Gasteiger partial charge < -0.3 is 10.1 Å². The molecule has 4 nitrogen and oxygen atoms in total. The lowest BCUT2D eigenvalue weighted by atomic mass is 9.86. The third-order valence-corrected chi connectivity index (χ3v) is 3.24. The van der Waals surface area contributed by atoms with E-state index in [1.807, 2.05) is 0 Å². The number of nitrogens with one attached hydrogen (secondary N) is 1. The van der Waals surface area contributed by atoms with Crippen molar-refractivity contribution < 1.29 is 40.7 Å².